The summed E-state index contributed by atoms with van der Waals surface area (Å²) in [7, 11) is -3.50. The highest BCUT2D eigenvalue weighted by molar-refractivity contribution is 7.92. The molecule has 0 spiro atoms. The van der Waals surface area contributed by atoms with Crippen molar-refractivity contribution in [3.8, 4) is 0 Å². The number of aliphatic carboxylic acids is 1. The van der Waals surface area contributed by atoms with Crippen LogP contribution in [0.1, 0.15) is 38.7 Å². The van der Waals surface area contributed by atoms with Crippen molar-refractivity contribution >= 4 is 21.7 Å². The summed E-state index contributed by atoms with van der Waals surface area (Å²) in [5.41, 5.74) is 0.988. The molecule has 1 atom stereocenters. The van der Waals surface area contributed by atoms with E-state index >= 15 is 0 Å². The zero-order valence-corrected chi connectivity index (χ0v) is 13.4. The third-order valence-electron chi connectivity index (χ3n) is 3.67. The third kappa shape index (κ3) is 3.37. The quantitative estimate of drug-likeness (QED) is 0.926. The molecular weight excluding hydrogens is 290 g/mol. The molecule has 1 N–H and O–H groups in total. The van der Waals surface area contributed by atoms with E-state index in [9.17, 15) is 18.3 Å². The molecule has 6 heteroatoms. The second-order valence-corrected chi connectivity index (χ2v) is 8.62. The van der Waals surface area contributed by atoms with Crippen molar-refractivity contribution in [2.24, 2.45) is 5.41 Å². The maximum atomic E-state index is 12.5. The molecule has 116 valence electrons. The molecule has 0 radical (unpaired) electrons. The lowest BCUT2D eigenvalue weighted by molar-refractivity contribution is -0.138. The van der Waals surface area contributed by atoms with Crippen LogP contribution in [0.4, 0.5) is 5.69 Å². The highest BCUT2D eigenvalue weighted by atomic mass is 32.2. The Hall–Kier alpha value is -1.56. The maximum absolute atomic E-state index is 12.5. The third-order valence-corrected chi connectivity index (χ3v) is 5.41. The van der Waals surface area contributed by atoms with Crippen molar-refractivity contribution < 1.29 is 18.3 Å². The Morgan fingerprint density at radius 2 is 1.95 bits per heavy atom. The van der Waals surface area contributed by atoms with Crippen LogP contribution >= 0.6 is 0 Å². The number of fused-ring (bicyclic) bond motifs is 1. The Morgan fingerprint density at radius 1 is 1.33 bits per heavy atom. The van der Waals surface area contributed by atoms with E-state index in [2.05, 4.69) is 0 Å². The monoisotopic (exact) mass is 311 g/mol. The summed E-state index contributed by atoms with van der Waals surface area (Å²) < 4.78 is 26.3. The number of carboxylic acids is 1. The average Bonchev–Trinajstić information content (AvgIpc) is 2.76. The molecule has 0 saturated carbocycles. The van der Waals surface area contributed by atoms with Gasteiger partial charge < -0.3 is 5.11 Å². The number of para-hydroxylation sites is 1. The molecule has 0 bridgehead atoms. The minimum absolute atomic E-state index is 0.0127. The Balaban J connectivity index is 2.31. The van der Waals surface area contributed by atoms with Gasteiger partial charge in [0.05, 0.1) is 18.0 Å². The molecule has 0 saturated heterocycles. The summed E-state index contributed by atoms with van der Waals surface area (Å²) in [6.07, 6.45) is 0.533. The normalized spacial score (nSPS) is 18.6. The van der Waals surface area contributed by atoms with Crippen LogP contribution in [0.5, 0.6) is 0 Å². The highest BCUT2D eigenvalue weighted by Crippen LogP contribution is 2.38. The van der Waals surface area contributed by atoms with E-state index < -0.39 is 21.9 Å². The summed E-state index contributed by atoms with van der Waals surface area (Å²) in [6, 6.07) is 6.83. The van der Waals surface area contributed by atoms with Crippen molar-refractivity contribution in [3.05, 3.63) is 29.8 Å². The van der Waals surface area contributed by atoms with Gasteiger partial charge in [-0.1, -0.05) is 39.0 Å². The van der Waals surface area contributed by atoms with Gasteiger partial charge in [0, 0.05) is 0 Å². The number of anilines is 1. The predicted octanol–water partition coefficient (Wildman–Crippen LogP) is 2.44. The van der Waals surface area contributed by atoms with Gasteiger partial charge in [-0.25, -0.2) is 8.42 Å². The fourth-order valence-electron chi connectivity index (χ4n) is 2.39. The van der Waals surface area contributed by atoms with Gasteiger partial charge in [-0.2, -0.15) is 0 Å². The van der Waals surface area contributed by atoms with E-state index in [0.717, 1.165) is 0 Å². The van der Waals surface area contributed by atoms with Crippen molar-refractivity contribution in [1.82, 2.24) is 0 Å². The van der Waals surface area contributed by atoms with Gasteiger partial charge >= 0.3 is 5.97 Å². The highest BCUT2D eigenvalue weighted by Gasteiger charge is 2.39. The molecule has 1 aliphatic heterocycles. The molecule has 1 aromatic carbocycles. The van der Waals surface area contributed by atoms with Crippen LogP contribution in [0.3, 0.4) is 0 Å². The molecule has 2 rings (SSSR count). The molecule has 21 heavy (non-hydrogen) atoms. The SMILES string of the molecule is CC(C)(C)CCS(=O)(=O)N1CC(C(=O)O)c2ccccc21. The van der Waals surface area contributed by atoms with Gasteiger partial charge in [0.1, 0.15) is 5.92 Å². The number of nitrogens with zero attached hydrogens (tertiary/aromatic N) is 1. The smallest absolute Gasteiger partial charge is 0.312 e. The van der Waals surface area contributed by atoms with Gasteiger partial charge in [-0.05, 0) is 23.5 Å². The zero-order valence-electron chi connectivity index (χ0n) is 12.5. The second-order valence-electron chi connectivity index (χ2n) is 6.61. The van der Waals surface area contributed by atoms with E-state index in [4.69, 9.17) is 0 Å². The van der Waals surface area contributed by atoms with Crippen LogP contribution < -0.4 is 4.31 Å². The van der Waals surface area contributed by atoms with E-state index in [1.165, 1.54) is 4.31 Å². The van der Waals surface area contributed by atoms with E-state index in [1.807, 2.05) is 20.8 Å². The Morgan fingerprint density at radius 3 is 2.52 bits per heavy atom. The molecule has 0 amide bonds. The maximum Gasteiger partial charge on any atom is 0.312 e. The number of hydrogen-bond acceptors (Lipinski definition) is 3. The van der Waals surface area contributed by atoms with Gasteiger partial charge in [-0.3, -0.25) is 9.10 Å². The average molecular weight is 311 g/mol. The van der Waals surface area contributed by atoms with Gasteiger partial charge in [0.15, 0.2) is 0 Å². The number of carboxylic acid groups (broad SMARTS) is 1. The standard InChI is InChI=1S/C15H21NO4S/c1-15(2,3)8-9-21(19,20)16-10-12(14(17)18)11-6-4-5-7-13(11)16/h4-7,12H,8-10H2,1-3H3,(H,17,18). The van der Waals surface area contributed by atoms with Crippen molar-refractivity contribution in [2.75, 3.05) is 16.6 Å². The summed E-state index contributed by atoms with van der Waals surface area (Å²) in [5.74, 6) is -1.75. The summed E-state index contributed by atoms with van der Waals surface area (Å²) in [4.78, 5) is 11.3. The first-order valence-electron chi connectivity index (χ1n) is 6.94. The van der Waals surface area contributed by atoms with Crippen LogP contribution in [-0.2, 0) is 14.8 Å². The fraction of sp³-hybridized carbons (Fsp3) is 0.533. The molecule has 1 heterocycles. The van der Waals surface area contributed by atoms with Gasteiger partial charge in [0.2, 0.25) is 10.0 Å². The number of rotatable bonds is 4. The van der Waals surface area contributed by atoms with Crippen LogP contribution in [-0.4, -0.2) is 31.8 Å². The number of carbonyl (C=O) groups is 1. The number of hydrogen-bond donors (Lipinski definition) is 1. The van der Waals surface area contributed by atoms with Crippen molar-refractivity contribution in [1.29, 1.82) is 0 Å². The summed E-state index contributed by atoms with van der Waals surface area (Å²) in [6.45, 7) is 5.95. The van der Waals surface area contributed by atoms with E-state index in [0.29, 0.717) is 17.7 Å². The fourth-order valence-corrected chi connectivity index (χ4v) is 4.32. The van der Waals surface area contributed by atoms with Crippen molar-refractivity contribution in [3.63, 3.8) is 0 Å². The first-order chi connectivity index (χ1) is 9.62. The van der Waals surface area contributed by atoms with Crippen molar-refractivity contribution in [2.45, 2.75) is 33.1 Å². The molecule has 0 aromatic heterocycles. The lowest BCUT2D eigenvalue weighted by atomic mass is 9.94. The van der Waals surface area contributed by atoms with Crippen LogP contribution in [0.15, 0.2) is 24.3 Å². The minimum atomic E-state index is -3.50. The van der Waals surface area contributed by atoms with Crippen LogP contribution in [0, 0.1) is 5.41 Å². The Bertz CT molecular complexity index is 646. The Labute approximate surface area is 125 Å². The van der Waals surface area contributed by atoms with E-state index in [1.54, 1.807) is 24.3 Å². The topological polar surface area (TPSA) is 74.7 Å². The lowest BCUT2D eigenvalue weighted by Gasteiger charge is -2.23. The number of sulfonamides is 1. The van der Waals surface area contributed by atoms with E-state index in [-0.39, 0.29) is 17.7 Å². The first kappa shape index (κ1) is 15.8. The summed E-state index contributed by atoms with van der Waals surface area (Å²) >= 11 is 0. The summed E-state index contributed by atoms with van der Waals surface area (Å²) in [5, 5.41) is 9.28. The zero-order chi connectivity index (χ0) is 15.8. The molecule has 1 aromatic rings. The number of benzene rings is 1. The molecule has 0 aliphatic carbocycles. The van der Waals surface area contributed by atoms with Crippen LogP contribution in [0.25, 0.3) is 0 Å². The predicted molar refractivity (Wildman–Crippen MR) is 82.0 cm³/mol. The van der Waals surface area contributed by atoms with Gasteiger partial charge in [0.25, 0.3) is 0 Å². The molecular formula is C15H21NO4S. The Kier molecular flexibility index (Phi) is 4.02. The van der Waals surface area contributed by atoms with Gasteiger partial charge in [-0.15, -0.1) is 0 Å². The minimum Gasteiger partial charge on any atom is -0.481 e. The first-order valence-corrected chi connectivity index (χ1v) is 8.55. The largest absolute Gasteiger partial charge is 0.481 e. The lowest BCUT2D eigenvalue weighted by Crippen LogP contribution is -2.34. The molecule has 0 fully saturated rings. The van der Waals surface area contributed by atoms with Crippen LogP contribution in [0.2, 0.25) is 0 Å². The molecule has 1 aliphatic rings. The molecule has 1 unspecified atom stereocenters. The second kappa shape index (κ2) is 5.33. The molecule has 5 nitrogen and oxygen atoms in total.